The molecule has 0 bridgehead atoms. The SMILES string of the molecule is CC(C)(C)c1ccc(C(=O)NCc2cc(-c3cc4ccccc4o3)on2)cc1. The molecule has 0 saturated heterocycles. The quantitative estimate of drug-likeness (QED) is 0.525. The largest absolute Gasteiger partial charge is 0.453 e. The molecule has 0 spiro atoms. The molecule has 2 heterocycles. The van der Waals surface area contributed by atoms with Gasteiger partial charge in [-0.3, -0.25) is 4.79 Å². The van der Waals surface area contributed by atoms with Crippen LogP contribution in [-0.4, -0.2) is 11.1 Å². The van der Waals surface area contributed by atoms with Gasteiger partial charge < -0.3 is 14.3 Å². The number of amides is 1. The van der Waals surface area contributed by atoms with Gasteiger partial charge in [-0.2, -0.15) is 0 Å². The van der Waals surface area contributed by atoms with E-state index in [9.17, 15) is 4.79 Å². The molecule has 0 aliphatic carbocycles. The van der Waals surface area contributed by atoms with Gasteiger partial charge in [0, 0.05) is 17.0 Å². The highest BCUT2D eigenvalue weighted by molar-refractivity contribution is 5.94. The van der Waals surface area contributed by atoms with Crippen molar-refractivity contribution in [3.8, 4) is 11.5 Å². The van der Waals surface area contributed by atoms with Crippen LogP contribution in [0.15, 0.2) is 69.6 Å². The highest BCUT2D eigenvalue weighted by Crippen LogP contribution is 2.28. The van der Waals surface area contributed by atoms with Gasteiger partial charge in [-0.25, -0.2) is 0 Å². The molecule has 0 aliphatic rings. The second-order valence-electron chi connectivity index (χ2n) is 7.84. The van der Waals surface area contributed by atoms with Crippen molar-refractivity contribution in [2.75, 3.05) is 0 Å². The molecule has 5 nitrogen and oxygen atoms in total. The molecular formula is C23H22N2O3. The van der Waals surface area contributed by atoms with Crippen LogP contribution in [0.3, 0.4) is 0 Å². The van der Waals surface area contributed by atoms with Gasteiger partial charge in [0.25, 0.3) is 5.91 Å². The minimum atomic E-state index is -0.145. The molecule has 0 radical (unpaired) electrons. The molecule has 4 aromatic rings. The van der Waals surface area contributed by atoms with Gasteiger partial charge in [-0.15, -0.1) is 0 Å². The van der Waals surface area contributed by atoms with E-state index in [2.05, 4.69) is 31.2 Å². The van der Waals surface area contributed by atoms with Gasteiger partial charge in [0.1, 0.15) is 11.3 Å². The Morgan fingerprint density at radius 3 is 2.46 bits per heavy atom. The Balaban J connectivity index is 1.42. The van der Waals surface area contributed by atoms with Gasteiger partial charge in [0.05, 0.1) is 6.54 Å². The summed E-state index contributed by atoms with van der Waals surface area (Å²) in [6, 6.07) is 19.1. The fourth-order valence-electron chi connectivity index (χ4n) is 3.01. The van der Waals surface area contributed by atoms with Gasteiger partial charge in [0.2, 0.25) is 5.76 Å². The van der Waals surface area contributed by atoms with Crippen LogP contribution in [0.2, 0.25) is 0 Å². The highest BCUT2D eigenvalue weighted by atomic mass is 16.5. The summed E-state index contributed by atoms with van der Waals surface area (Å²) in [6.07, 6.45) is 0. The number of aromatic nitrogens is 1. The third kappa shape index (κ3) is 3.69. The fraction of sp³-hybridized carbons (Fsp3) is 0.217. The van der Waals surface area contributed by atoms with Gasteiger partial charge in [-0.05, 0) is 35.2 Å². The van der Waals surface area contributed by atoms with Crippen LogP contribution in [0.25, 0.3) is 22.5 Å². The number of carbonyl (C=O) groups is 1. The van der Waals surface area contributed by atoms with Crippen molar-refractivity contribution in [1.82, 2.24) is 10.5 Å². The molecular weight excluding hydrogens is 352 g/mol. The zero-order valence-corrected chi connectivity index (χ0v) is 16.2. The van der Waals surface area contributed by atoms with Crippen LogP contribution >= 0.6 is 0 Å². The highest BCUT2D eigenvalue weighted by Gasteiger charge is 2.15. The van der Waals surface area contributed by atoms with E-state index in [1.807, 2.05) is 54.6 Å². The maximum absolute atomic E-state index is 12.4. The standard InChI is InChI=1S/C23H22N2O3/c1-23(2,3)17-10-8-15(9-11-17)22(26)24-14-18-13-21(28-25-18)20-12-16-6-4-5-7-19(16)27-20/h4-13H,14H2,1-3H3,(H,24,26). The predicted molar refractivity (Wildman–Crippen MR) is 108 cm³/mol. The monoisotopic (exact) mass is 374 g/mol. The van der Waals surface area contributed by atoms with Gasteiger partial charge >= 0.3 is 0 Å². The topological polar surface area (TPSA) is 68.3 Å². The molecule has 0 unspecified atom stereocenters. The summed E-state index contributed by atoms with van der Waals surface area (Å²) in [4.78, 5) is 12.4. The normalized spacial score (nSPS) is 11.7. The van der Waals surface area contributed by atoms with E-state index < -0.39 is 0 Å². The van der Waals surface area contributed by atoms with E-state index in [1.165, 1.54) is 5.56 Å². The Labute approximate surface area is 163 Å². The Morgan fingerprint density at radius 2 is 1.75 bits per heavy atom. The first kappa shape index (κ1) is 18.0. The maximum Gasteiger partial charge on any atom is 0.251 e. The molecule has 142 valence electrons. The Bertz CT molecular complexity index is 1080. The summed E-state index contributed by atoms with van der Waals surface area (Å²) in [5.41, 5.74) is 3.30. The second kappa shape index (κ2) is 7.00. The van der Waals surface area contributed by atoms with Gasteiger partial charge in [0.15, 0.2) is 5.76 Å². The lowest BCUT2D eigenvalue weighted by Crippen LogP contribution is -2.23. The lowest BCUT2D eigenvalue weighted by Gasteiger charge is -2.19. The zero-order chi connectivity index (χ0) is 19.7. The summed E-state index contributed by atoms with van der Waals surface area (Å²) < 4.78 is 11.2. The van der Waals surface area contributed by atoms with Crippen LogP contribution in [0.1, 0.15) is 42.4 Å². The third-order valence-corrected chi connectivity index (χ3v) is 4.67. The number of rotatable bonds is 4. The average molecular weight is 374 g/mol. The Hall–Kier alpha value is -3.34. The first-order chi connectivity index (χ1) is 13.4. The number of furan rings is 1. The molecule has 5 heteroatoms. The summed E-state index contributed by atoms with van der Waals surface area (Å²) >= 11 is 0. The molecule has 28 heavy (non-hydrogen) atoms. The average Bonchev–Trinajstić information content (AvgIpc) is 3.32. The summed E-state index contributed by atoms with van der Waals surface area (Å²) in [6.45, 7) is 6.72. The number of nitrogens with zero attached hydrogens (tertiary/aromatic N) is 1. The van der Waals surface area contributed by atoms with Gasteiger partial charge in [-0.1, -0.05) is 56.3 Å². The fourth-order valence-corrected chi connectivity index (χ4v) is 3.01. The van der Waals surface area contributed by atoms with Crippen molar-refractivity contribution < 1.29 is 13.7 Å². The number of hydrogen-bond acceptors (Lipinski definition) is 4. The van der Waals surface area contributed by atoms with Crippen molar-refractivity contribution in [3.63, 3.8) is 0 Å². The van der Waals surface area contributed by atoms with Crippen molar-refractivity contribution in [3.05, 3.63) is 77.5 Å². The van der Waals surface area contributed by atoms with Crippen LogP contribution in [-0.2, 0) is 12.0 Å². The Morgan fingerprint density at radius 1 is 1.00 bits per heavy atom. The smallest absolute Gasteiger partial charge is 0.251 e. The first-order valence-corrected chi connectivity index (χ1v) is 9.23. The number of nitrogens with one attached hydrogen (secondary N) is 1. The van der Waals surface area contributed by atoms with E-state index in [0.29, 0.717) is 22.8 Å². The lowest BCUT2D eigenvalue weighted by atomic mass is 9.87. The van der Waals surface area contributed by atoms with Crippen LogP contribution in [0.5, 0.6) is 0 Å². The van der Waals surface area contributed by atoms with Crippen LogP contribution < -0.4 is 5.32 Å². The molecule has 0 atom stereocenters. The van der Waals surface area contributed by atoms with Crippen molar-refractivity contribution in [1.29, 1.82) is 0 Å². The van der Waals surface area contributed by atoms with Crippen molar-refractivity contribution in [2.45, 2.75) is 32.7 Å². The number of para-hydroxylation sites is 1. The van der Waals surface area contributed by atoms with Crippen molar-refractivity contribution >= 4 is 16.9 Å². The number of fused-ring (bicyclic) bond motifs is 1. The number of carbonyl (C=O) groups excluding carboxylic acids is 1. The number of benzene rings is 2. The molecule has 1 amide bonds. The molecule has 2 aromatic heterocycles. The molecule has 1 N–H and O–H groups in total. The minimum absolute atomic E-state index is 0.0583. The number of hydrogen-bond donors (Lipinski definition) is 1. The van der Waals surface area contributed by atoms with E-state index in [-0.39, 0.29) is 17.9 Å². The molecule has 0 aliphatic heterocycles. The summed E-state index contributed by atoms with van der Waals surface area (Å²) in [7, 11) is 0. The lowest BCUT2D eigenvalue weighted by molar-refractivity contribution is 0.0950. The van der Waals surface area contributed by atoms with Crippen LogP contribution in [0, 0.1) is 0 Å². The summed E-state index contributed by atoms with van der Waals surface area (Å²) in [5, 5.41) is 7.90. The zero-order valence-electron chi connectivity index (χ0n) is 16.2. The molecule has 0 saturated carbocycles. The van der Waals surface area contributed by atoms with E-state index in [4.69, 9.17) is 8.94 Å². The Kier molecular flexibility index (Phi) is 4.51. The van der Waals surface area contributed by atoms with E-state index in [0.717, 1.165) is 11.0 Å². The molecule has 4 rings (SSSR count). The molecule has 0 fully saturated rings. The third-order valence-electron chi connectivity index (χ3n) is 4.67. The first-order valence-electron chi connectivity index (χ1n) is 9.23. The van der Waals surface area contributed by atoms with E-state index in [1.54, 1.807) is 6.07 Å². The maximum atomic E-state index is 12.4. The van der Waals surface area contributed by atoms with Crippen molar-refractivity contribution in [2.24, 2.45) is 0 Å². The minimum Gasteiger partial charge on any atom is -0.453 e. The van der Waals surface area contributed by atoms with Crippen LogP contribution in [0.4, 0.5) is 0 Å². The predicted octanol–water partition coefficient (Wildman–Crippen LogP) is 5.32. The molecule has 2 aromatic carbocycles. The summed E-state index contributed by atoms with van der Waals surface area (Å²) in [5.74, 6) is 1.01. The second-order valence-corrected chi connectivity index (χ2v) is 7.84. The van der Waals surface area contributed by atoms with E-state index >= 15 is 0 Å².